The summed E-state index contributed by atoms with van der Waals surface area (Å²) in [7, 11) is 0. The van der Waals surface area contributed by atoms with Gasteiger partial charge in [-0.05, 0) is 32.9 Å². The summed E-state index contributed by atoms with van der Waals surface area (Å²) < 4.78 is 0. The standard InChI is InChI=1S/C14H18N2O4/c1-9-4-6-10(7-5-9)15-12(19)13(20)16-14(2,3)8-11(17)18/h4-7H,8H2,1-3H3,(H,15,19)(H,16,20)(H,17,18). The van der Waals surface area contributed by atoms with Gasteiger partial charge in [0.1, 0.15) is 0 Å². The van der Waals surface area contributed by atoms with Crippen molar-refractivity contribution in [2.24, 2.45) is 0 Å². The van der Waals surface area contributed by atoms with Crippen molar-refractivity contribution in [2.75, 3.05) is 5.32 Å². The number of anilines is 1. The second kappa shape index (κ2) is 6.18. The van der Waals surface area contributed by atoms with Crippen LogP contribution in [0.2, 0.25) is 0 Å². The van der Waals surface area contributed by atoms with E-state index in [1.54, 1.807) is 12.1 Å². The predicted molar refractivity (Wildman–Crippen MR) is 74.3 cm³/mol. The Balaban J connectivity index is 2.61. The zero-order valence-corrected chi connectivity index (χ0v) is 11.7. The van der Waals surface area contributed by atoms with Crippen LogP contribution in [0.4, 0.5) is 5.69 Å². The molecule has 1 rings (SSSR count). The van der Waals surface area contributed by atoms with Crippen LogP contribution in [0.1, 0.15) is 25.8 Å². The summed E-state index contributed by atoms with van der Waals surface area (Å²) in [5.74, 6) is -2.74. The molecule has 1 aromatic carbocycles. The van der Waals surface area contributed by atoms with Gasteiger partial charge in [0.05, 0.1) is 6.42 Å². The number of hydrogen-bond acceptors (Lipinski definition) is 3. The zero-order valence-electron chi connectivity index (χ0n) is 11.7. The zero-order chi connectivity index (χ0) is 15.3. The smallest absolute Gasteiger partial charge is 0.313 e. The minimum Gasteiger partial charge on any atom is -0.481 e. The Kier molecular flexibility index (Phi) is 4.85. The molecule has 0 heterocycles. The first-order valence-corrected chi connectivity index (χ1v) is 6.11. The highest BCUT2D eigenvalue weighted by molar-refractivity contribution is 6.39. The highest BCUT2D eigenvalue weighted by Gasteiger charge is 2.26. The highest BCUT2D eigenvalue weighted by Crippen LogP contribution is 2.10. The molecule has 0 aliphatic carbocycles. The molecule has 6 nitrogen and oxygen atoms in total. The van der Waals surface area contributed by atoms with Crippen LogP contribution >= 0.6 is 0 Å². The summed E-state index contributed by atoms with van der Waals surface area (Å²) in [5.41, 5.74) is 0.551. The molecule has 0 radical (unpaired) electrons. The van der Waals surface area contributed by atoms with Gasteiger partial charge in [0, 0.05) is 11.2 Å². The van der Waals surface area contributed by atoms with Crippen molar-refractivity contribution in [3.8, 4) is 0 Å². The minimum absolute atomic E-state index is 0.267. The van der Waals surface area contributed by atoms with E-state index in [9.17, 15) is 14.4 Å². The SMILES string of the molecule is Cc1ccc(NC(=O)C(=O)NC(C)(C)CC(=O)O)cc1. The van der Waals surface area contributed by atoms with Gasteiger partial charge in [-0.25, -0.2) is 0 Å². The monoisotopic (exact) mass is 278 g/mol. The largest absolute Gasteiger partial charge is 0.481 e. The second-order valence-electron chi connectivity index (χ2n) is 5.23. The number of carboxylic acid groups (broad SMARTS) is 1. The first-order chi connectivity index (χ1) is 9.19. The fourth-order valence-electron chi connectivity index (χ4n) is 1.61. The van der Waals surface area contributed by atoms with Gasteiger partial charge in [-0.1, -0.05) is 17.7 Å². The third kappa shape index (κ3) is 5.09. The predicted octanol–water partition coefficient (Wildman–Crippen LogP) is 1.30. The van der Waals surface area contributed by atoms with Gasteiger partial charge in [-0.2, -0.15) is 0 Å². The van der Waals surface area contributed by atoms with E-state index in [-0.39, 0.29) is 6.42 Å². The number of carbonyl (C=O) groups excluding carboxylic acids is 2. The molecule has 1 aromatic rings. The Morgan fingerprint density at radius 2 is 1.65 bits per heavy atom. The van der Waals surface area contributed by atoms with E-state index in [1.807, 2.05) is 19.1 Å². The molecule has 2 amide bonds. The molecule has 20 heavy (non-hydrogen) atoms. The Morgan fingerprint density at radius 1 is 1.10 bits per heavy atom. The van der Waals surface area contributed by atoms with E-state index >= 15 is 0 Å². The average molecular weight is 278 g/mol. The van der Waals surface area contributed by atoms with E-state index in [0.717, 1.165) is 5.56 Å². The maximum Gasteiger partial charge on any atom is 0.313 e. The van der Waals surface area contributed by atoms with Gasteiger partial charge >= 0.3 is 17.8 Å². The number of aliphatic carboxylic acids is 1. The van der Waals surface area contributed by atoms with E-state index in [4.69, 9.17) is 5.11 Å². The third-order valence-corrected chi connectivity index (χ3v) is 2.56. The van der Waals surface area contributed by atoms with Crippen LogP contribution in [0.5, 0.6) is 0 Å². The third-order valence-electron chi connectivity index (χ3n) is 2.56. The molecule has 0 saturated carbocycles. The highest BCUT2D eigenvalue weighted by atomic mass is 16.4. The summed E-state index contributed by atoms with van der Waals surface area (Å²) in [4.78, 5) is 34.0. The molecule has 0 bridgehead atoms. The molecule has 0 saturated heterocycles. The van der Waals surface area contributed by atoms with Crippen LogP contribution in [0.15, 0.2) is 24.3 Å². The molecular formula is C14H18N2O4. The maximum atomic E-state index is 11.7. The maximum absolute atomic E-state index is 11.7. The van der Waals surface area contributed by atoms with Gasteiger partial charge in [0.15, 0.2) is 0 Å². The molecule has 0 aliphatic heterocycles. The van der Waals surface area contributed by atoms with Gasteiger partial charge < -0.3 is 15.7 Å². The summed E-state index contributed by atoms with van der Waals surface area (Å²) >= 11 is 0. The molecule has 3 N–H and O–H groups in total. The lowest BCUT2D eigenvalue weighted by atomic mass is 10.0. The number of rotatable bonds is 4. The van der Waals surface area contributed by atoms with Crippen LogP contribution in [0, 0.1) is 6.92 Å². The van der Waals surface area contributed by atoms with Crippen molar-refractivity contribution < 1.29 is 19.5 Å². The summed E-state index contributed by atoms with van der Waals surface area (Å²) in [6.45, 7) is 4.99. The molecule has 0 atom stereocenters. The first kappa shape index (κ1) is 15.7. The number of aryl methyl sites for hydroxylation is 1. The van der Waals surface area contributed by atoms with Crippen molar-refractivity contribution in [3.63, 3.8) is 0 Å². The molecule has 0 fully saturated rings. The summed E-state index contributed by atoms with van der Waals surface area (Å²) in [6, 6.07) is 6.98. The lowest BCUT2D eigenvalue weighted by Gasteiger charge is -2.23. The molecule has 6 heteroatoms. The summed E-state index contributed by atoms with van der Waals surface area (Å²) in [5, 5.41) is 13.5. The van der Waals surface area contributed by atoms with Crippen molar-refractivity contribution in [2.45, 2.75) is 32.7 Å². The number of amides is 2. The number of hydrogen-bond donors (Lipinski definition) is 3. The van der Waals surface area contributed by atoms with Crippen molar-refractivity contribution >= 4 is 23.5 Å². The minimum atomic E-state index is -1.05. The molecule has 0 spiro atoms. The van der Waals surface area contributed by atoms with E-state index < -0.39 is 23.3 Å². The van der Waals surface area contributed by atoms with Crippen molar-refractivity contribution in [1.29, 1.82) is 0 Å². The fraction of sp³-hybridized carbons (Fsp3) is 0.357. The van der Waals surface area contributed by atoms with E-state index in [0.29, 0.717) is 5.69 Å². The van der Waals surface area contributed by atoms with Crippen LogP contribution in [-0.4, -0.2) is 28.4 Å². The normalized spacial score (nSPS) is 10.8. The van der Waals surface area contributed by atoms with E-state index in [1.165, 1.54) is 13.8 Å². The average Bonchev–Trinajstić information content (AvgIpc) is 2.29. The lowest BCUT2D eigenvalue weighted by molar-refractivity contribution is -0.140. The quantitative estimate of drug-likeness (QED) is 0.723. The number of nitrogens with one attached hydrogen (secondary N) is 2. The number of benzene rings is 1. The Morgan fingerprint density at radius 3 is 2.15 bits per heavy atom. The van der Waals surface area contributed by atoms with Crippen LogP contribution in [0.3, 0.4) is 0 Å². The van der Waals surface area contributed by atoms with Crippen LogP contribution in [-0.2, 0) is 14.4 Å². The molecule has 108 valence electrons. The molecular weight excluding hydrogens is 260 g/mol. The molecule has 0 aromatic heterocycles. The van der Waals surface area contributed by atoms with E-state index in [2.05, 4.69) is 10.6 Å². The second-order valence-corrected chi connectivity index (χ2v) is 5.23. The lowest BCUT2D eigenvalue weighted by Crippen LogP contribution is -2.49. The van der Waals surface area contributed by atoms with Crippen LogP contribution < -0.4 is 10.6 Å². The van der Waals surface area contributed by atoms with Gasteiger partial charge in [-0.15, -0.1) is 0 Å². The summed E-state index contributed by atoms with van der Waals surface area (Å²) in [6.07, 6.45) is -0.267. The number of carboxylic acids is 1. The Hall–Kier alpha value is -2.37. The topological polar surface area (TPSA) is 95.5 Å². The Bertz CT molecular complexity index is 520. The Labute approximate surface area is 117 Å². The molecule has 0 aliphatic rings. The van der Waals surface area contributed by atoms with Crippen molar-refractivity contribution in [1.82, 2.24) is 5.32 Å². The van der Waals surface area contributed by atoms with Crippen LogP contribution in [0.25, 0.3) is 0 Å². The van der Waals surface area contributed by atoms with Crippen molar-refractivity contribution in [3.05, 3.63) is 29.8 Å². The first-order valence-electron chi connectivity index (χ1n) is 6.11. The fourth-order valence-corrected chi connectivity index (χ4v) is 1.61. The van der Waals surface area contributed by atoms with Gasteiger partial charge in [-0.3, -0.25) is 14.4 Å². The van der Waals surface area contributed by atoms with Gasteiger partial charge in [0.2, 0.25) is 0 Å². The molecule has 0 unspecified atom stereocenters. The van der Waals surface area contributed by atoms with Gasteiger partial charge in [0.25, 0.3) is 0 Å². The number of carbonyl (C=O) groups is 3.